The van der Waals surface area contributed by atoms with Crippen LogP contribution in [0.4, 0.5) is 0 Å². The van der Waals surface area contributed by atoms with Crippen LogP contribution in [0.25, 0.3) is 0 Å². The Morgan fingerprint density at radius 1 is 0.692 bits per heavy atom. The quantitative estimate of drug-likeness (QED) is 0.394. The van der Waals surface area contributed by atoms with Gasteiger partial charge in [0.2, 0.25) is 0 Å². The van der Waals surface area contributed by atoms with Gasteiger partial charge < -0.3 is 25.2 Å². The van der Waals surface area contributed by atoms with E-state index >= 15 is 0 Å². The first-order valence-electron chi connectivity index (χ1n) is 8.09. The van der Waals surface area contributed by atoms with E-state index in [2.05, 4.69) is 6.07 Å². The molecule has 1 aromatic rings. The van der Waals surface area contributed by atoms with E-state index in [0.29, 0.717) is 0 Å². The van der Waals surface area contributed by atoms with E-state index in [-0.39, 0.29) is 65.0 Å². The number of aliphatic hydroxyl groups is 4. The molecule has 0 saturated carbocycles. The van der Waals surface area contributed by atoms with Crippen LogP contribution in [0.5, 0.6) is 5.75 Å². The Hall–Kier alpha value is 0.172. The van der Waals surface area contributed by atoms with Gasteiger partial charge in [-0.3, -0.25) is 0 Å². The molecular weight excluding hydrogens is 363 g/mol. The molecule has 1 rings (SSSR count). The van der Waals surface area contributed by atoms with E-state index in [9.17, 15) is 0 Å². The summed E-state index contributed by atoms with van der Waals surface area (Å²) in [5, 5.41) is 32.2. The molecule has 150 valence electrons. The second-order valence-electron chi connectivity index (χ2n) is 5.81. The largest absolute Gasteiger partial charge is 1.00 e. The Morgan fingerprint density at radius 3 is 1.00 bits per heavy atom. The third kappa shape index (κ3) is 125. The molecule has 0 aromatic heterocycles. The zero-order valence-electron chi connectivity index (χ0n) is 18.3. The number of hydrogen-bond donors (Lipinski definition) is 4. The third-order valence-corrected chi connectivity index (χ3v) is 0.923. The van der Waals surface area contributed by atoms with Crippen molar-refractivity contribution in [2.45, 2.75) is 79.8 Å². The van der Waals surface area contributed by atoms with Crippen LogP contribution in [0.3, 0.4) is 0 Å². The Morgan fingerprint density at radius 2 is 0.885 bits per heavy atom. The molecule has 1 aromatic carbocycles. The Bertz CT molecular complexity index is 275. The Balaban J connectivity index is -0.0000000495. The minimum atomic E-state index is -0.167. The van der Waals surface area contributed by atoms with Crippen LogP contribution in [0.15, 0.2) is 24.3 Å². The summed E-state index contributed by atoms with van der Waals surface area (Å²) in [5.41, 5.74) is 0. The van der Waals surface area contributed by atoms with Gasteiger partial charge >= 0.3 is 18.9 Å². The van der Waals surface area contributed by atoms with Crippen molar-refractivity contribution in [3.8, 4) is 5.75 Å². The van der Waals surface area contributed by atoms with E-state index in [1.165, 1.54) is 0 Å². The molecule has 0 unspecified atom stereocenters. The molecule has 0 heterocycles. The van der Waals surface area contributed by atoms with E-state index in [4.69, 9.17) is 25.2 Å². The molecule has 0 aliphatic carbocycles. The number of methoxy groups -OCH3 is 1. The Kier molecular flexibility index (Phi) is 51.4. The molecule has 0 aliphatic heterocycles. The molecule has 26 heavy (non-hydrogen) atoms. The minimum absolute atomic E-state index is 0. The van der Waals surface area contributed by atoms with Crippen molar-refractivity contribution in [1.29, 1.82) is 0 Å². The van der Waals surface area contributed by atoms with Crippen molar-refractivity contribution in [2.24, 2.45) is 0 Å². The van der Waals surface area contributed by atoms with Crippen molar-refractivity contribution in [2.75, 3.05) is 7.11 Å². The predicted octanol–water partition coefficient (Wildman–Crippen LogP) is 0.0453. The molecule has 0 amide bonds. The molecule has 0 aliphatic rings. The molecule has 0 atom stereocenters. The van der Waals surface area contributed by atoms with Gasteiger partial charge in [0.05, 0.1) is 7.11 Å². The van der Waals surface area contributed by atoms with Crippen LogP contribution in [-0.4, -0.2) is 52.0 Å². The van der Waals surface area contributed by atoms with Gasteiger partial charge in [-0.2, -0.15) is 18.2 Å². The fraction of sp³-hybridized carbons (Fsp3) is 0.684. The van der Waals surface area contributed by atoms with E-state index in [1.54, 1.807) is 62.5 Å². The van der Waals surface area contributed by atoms with Crippen molar-refractivity contribution in [3.05, 3.63) is 30.3 Å². The van der Waals surface area contributed by atoms with Gasteiger partial charge in [-0.1, -0.05) is 0 Å². The smallest absolute Gasteiger partial charge is 0.522 e. The summed E-state index contributed by atoms with van der Waals surface area (Å²) in [6, 6.07) is 10.2. The van der Waals surface area contributed by atoms with Crippen molar-refractivity contribution in [3.63, 3.8) is 0 Å². The maximum absolute atomic E-state index is 8.06. The van der Waals surface area contributed by atoms with Crippen LogP contribution in [0.1, 0.15) is 55.4 Å². The first kappa shape index (κ1) is 40.8. The maximum Gasteiger partial charge on any atom is 1.00 e. The summed E-state index contributed by atoms with van der Waals surface area (Å²) in [6.45, 7) is 13.8. The summed E-state index contributed by atoms with van der Waals surface area (Å²) >= 11 is 0. The minimum Gasteiger partial charge on any atom is -0.522 e. The fourth-order valence-corrected chi connectivity index (χ4v) is 0.508. The average Bonchev–Trinajstić information content (AvgIpc) is 2.37. The van der Waals surface area contributed by atoms with Crippen molar-refractivity contribution < 1.29 is 65.7 Å². The van der Waals surface area contributed by atoms with Crippen LogP contribution in [0, 0.1) is 6.07 Å². The van der Waals surface area contributed by atoms with Crippen LogP contribution < -0.4 is 23.6 Å². The van der Waals surface area contributed by atoms with E-state index < -0.39 is 0 Å². The van der Waals surface area contributed by atoms with Gasteiger partial charge in [-0.25, -0.2) is 0 Å². The molecule has 4 N–H and O–H groups in total. The Labute approximate surface area is 188 Å². The van der Waals surface area contributed by atoms with Gasteiger partial charge in [-0.15, -0.1) is 12.1 Å². The summed E-state index contributed by atoms with van der Waals surface area (Å²) in [4.78, 5) is 0. The molecular formula is C19H39LiO5Ti. The standard InChI is InChI=1S/C7H7O.4C3H8O.Li.Ti/c1-8-7-5-3-2-4-6-7;4*1-3(2)4;;/h3-6H,1H3;4*3-4H,1-2H3;;/q-1;;;;;+1;. The van der Waals surface area contributed by atoms with Crippen LogP contribution in [-0.2, 0) is 21.7 Å². The molecule has 0 bridgehead atoms. The van der Waals surface area contributed by atoms with Crippen molar-refractivity contribution in [1.82, 2.24) is 0 Å². The second kappa shape index (κ2) is 32.8. The summed E-state index contributed by atoms with van der Waals surface area (Å²) in [5.74, 6) is 0.878. The normalized spacial score (nSPS) is 8.19. The second-order valence-corrected chi connectivity index (χ2v) is 5.81. The monoisotopic (exact) mass is 402 g/mol. The van der Waals surface area contributed by atoms with E-state index in [0.717, 1.165) is 5.75 Å². The molecule has 0 radical (unpaired) electrons. The summed E-state index contributed by atoms with van der Waals surface area (Å²) in [7, 11) is 1.65. The SMILES string of the molecule is CC(C)O.CC(C)O.CC(C)O.CC(C)O.COc1cc[c-]cc1.[Li+].[Ti]. The molecule has 0 spiro atoms. The molecule has 0 saturated heterocycles. The third-order valence-electron chi connectivity index (χ3n) is 0.923. The number of benzene rings is 1. The number of aliphatic hydroxyl groups excluding tert-OH is 4. The zero-order valence-corrected chi connectivity index (χ0v) is 19.9. The van der Waals surface area contributed by atoms with Gasteiger partial charge in [-0.05, 0) is 55.4 Å². The first-order valence-corrected chi connectivity index (χ1v) is 8.09. The molecule has 5 nitrogen and oxygen atoms in total. The first-order chi connectivity index (χ1) is 10.9. The fourth-order valence-electron chi connectivity index (χ4n) is 0.508. The van der Waals surface area contributed by atoms with Crippen LogP contribution in [0.2, 0.25) is 0 Å². The molecule has 7 heteroatoms. The maximum atomic E-state index is 8.06. The molecule has 0 fully saturated rings. The zero-order chi connectivity index (χ0) is 20.1. The van der Waals surface area contributed by atoms with Gasteiger partial charge in [0, 0.05) is 51.9 Å². The summed E-state index contributed by atoms with van der Waals surface area (Å²) in [6.07, 6.45) is -0.667. The number of rotatable bonds is 1. The number of hydrogen-bond acceptors (Lipinski definition) is 5. The van der Waals surface area contributed by atoms with Gasteiger partial charge in [0.1, 0.15) is 0 Å². The topological polar surface area (TPSA) is 90.2 Å². The van der Waals surface area contributed by atoms with Crippen LogP contribution >= 0.6 is 0 Å². The van der Waals surface area contributed by atoms with Gasteiger partial charge in [0.25, 0.3) is 0 Å². The van der Waals surface area contributed by atoms with Crippen molar-refractivity contribution >= 4 is 0 Å². The predicted molar refractivity (Wildman–Crippen MR) is 101 cm³/mol. The van der Waals surface area contributed by atoms with Gasteiger partial charge in [0.15, 0.2) is 0 Å². The summed E-state index contributed by atoms with van der Waals surface area (Å²) < 4.78 is 4.89. The van der Waals surface area contributed by atoms with E-state index in [1.807, 2.05) is 24.3 Å². The number of ether oxygens (including phenoxy) is 1. The average molecular weight is 402 g/mol.